The number of nitrogens with one attached hydrogen (secondary N) is 1. The second kappa shape index (κ2) is 3.12. The van der Waals surface area contributed by atoms with Gasteiger partial charge in [-0.05, 0) is 12.1 Å². The molecular weight excluding hydrogens is 121 g/mol. The van der Waals surface area contributed by atoms with Gasteiger partial charge in [-0.1, -0.05) is 0 Å². The van der Waals surface area contributed by atoms with Crippen LogP contribution in [-0.4, -0.2) is 18.3 Å². The van der Waals surface area contributed by atoms with Crippen molar-refractivity contribution in [3.63, 3.8) is 0 Å². The fourth-order valence-corrected chi connectivity index (χ4v) is 0.552. The van der Waals surface area contributed by atoms with Gasteiger partial charge in [-0.3, -0.25) is 0 Å². The lowest BCUT2D eigenvalue weighted by Crippen LogP contribution is -1.97. The number of alkyl halides is 1. The van der Waals surface area contributed by atoms with E-state index in [1.807, 2.05) is 0 Å². The smallest absolute Gasteiger partial charge is 0.190 e. The number of aromatic amines is 1. The molecule has 50 valence electrons. The van der Waals surface area contributed by atoms with Gasteiger partial charge in [0.05, 0.1) is 0 Å². The summed E-state index contributed by atoms with van der Waals surface area (Å²) in [6.07, 6.45) is 1.73. The predicted molar refractivity (Wildman–Crippen MR) is 32.3 cm³/mol. The molecule has 0 aromatic carbocycles. The Balaban J connectivity index is 2.30. The van der Waals surface area contributed by atoms with Crippen molar-refractivity contribution in [2.45, 2.75) is 0 Å². The summed E-state index contributed by atoms with van der Waals surface area (Å²) in [6, 6.07) is 3.54. The molecule has 1 rings (SSSR count). The van der Waals surface area contributed by atoms with Gasteiger partial charge < -0.3 is 9.72 Å². The van der Waals surface area contributed by atoms with Crippen molar-refractivity contribution in [2.24, 2.45) is 0 Å². The van der Waals surface area contributed by atoms with Crippen LogP contribution < -0.4 is 4.74 Å². The van der Waals surface area contributed by atoms with Crippen LogP contribution in [-0.2, 0) is 0 Å². The van der Waals surface area contributed by atoms with Gasteiger partial charge in [0, 0.05) is 6.20 Å². The molecule has 1 heterocycles. The summed E-state index contributed by atoms with van der Waals surface area (Å²) in [5.74, 6) is 0.618. The lowest BCUT2D eigenvalue weighted by atomic mass is 10.6. The Kier molecular flexibility index (Phi) is 2.13. The van der Waals surface area contributed by atoms with Gasteiger partial charge >= 0.3 is 0 Å². The number of halogens is 1. The molecule has 9 heavy (non-hydrogen) atoms. The molecule has 0 fully saturated rings. The zero-order valence-electron chi connectivity index (χ0n) is 4.93. The molecular formula is C6H8FNO. The molecule has 0 saturated heterocycles. The van der Waals surface area contributed by atoms with Crippen LogP contribution in [0.15, 0.2) is 18.3 Å². The maximum absolute atomic E-state index is 11.4. The molecule has 0 atom stereocenters. The van der Waals surface area contributed by atoms with Gasteiger partial charge in [0.1, 0.15) is 13.3 Å². The quantitative estimate of drug-likeness (QED) is 0.655. The topological polar surface area (TPSA) is 25.0 Å². The number of ether oxygens (including phenoxy) is 1. The maximum Gasteiger partial charge on any atom is 0.190 e. The summed E-state index contributed by atoms with van der Waals surface area (Å²) >= 11 is 0. The van der Waals surface area contributed by atoms with E-state index in [4.69, 9.17) is 4.74 Å². The highest BCUT2D eigenvalue weighted by molar-refractivity contribution is 5.09. The standard InChI is InChI=1S/C6H8FNO/c7-3-5-9-6-2-1-4-8-6/h1-2,4,8H,3,5H2. The van der Waals surface area contributed by atoms with Crippen LogP contribution >= 0.6 is 0 Å². The Labute approximate surface area is 52.6 Å². The summed E-state index contributed by atoms with van der Waals surface area (Å²) in [6.45, 7) is -0.320. The van der Waals surface area contributed by atoms with Gasteiger partial charge in [0.15, 0.2) is 5.88 Å². The highest BCUT2D eigenvalue weighted by atomic mass is 19.1. The van der Waals surface area contributed by atoms with Gasteiger partial charge in [0.25, 0.3) is 0 Å². The average Bonchev–Trinajstić information content (AvgIpc) is 2.34. The molecule has 0 bridgehead atoms. The van der Waals surface area contributed by atoms with Crippen molar-refractivity contribution in [2.75, 3.05) is 13.3 Å². The van der Waals surface area contributed by atoms with Gasteiger partial charge in [-0.25, -0.2) is 4.39 Å². The van der Waals surface area contributed by atoms with Crippen molar-refractivity contribution in [1.82, 2.24) is 4.98 Å². The molecule has 0 aliphatic rings. The SMILES string of the molecule is FCCOc1ccc[nH]1. The lowest BCUT2D eigenvalue weighted by Gasteiger charge is -1.96. The molecule has 2 nitrogen and oxygen atoms in total. The first-order valence-corrected chi connectivity index (χ1v) is 2.75. The van der Waals surface area contributed by atoms with E-state index in [0.29, 0.717) is 5.88 Å². The number of hydrogen-bond donors (Lipinski definition) is 1. The van der Waals surface area contributed by atoms with E-state index in [1.54, 1.807) is 18.3 Å². The third-order valence-electron chi connectivity index (χ3n) is 0.904. The van der Waals surface area contributed by atoms with E-state index in [0.717, 1.165) is 0 Å². The average molecular weight is 129 g/mol. The van der Waals surface area contributed by atoms with Gasteiger partial charge in [-0.2, -0.15) is 0 Å². The number of hydrogen-bond acceptors (Lipinski definition) is 1. The minimum atomic E-state index is -0.445. The molecule has 0 saturated carbocycles. The second-order valence-electron chi connectivity index (χ2n) is 1.57. The van der Waals surface area contributed by atoms with Gasteiger partial charge in [-0.15, -0.1) is 0 Å². The van der Waals surface area contributed by atoms with E-state index in [-0.39, 0.29) is 6.61 Å². The summed E-state index contributed by atoms with van der Waals surface area (Å²) in [7, 11) is 0. The molecule has 0 aliphatic carbocycles. The highest BCUT2D eigenvalue weighted by Gasteiger charge is 1.88. The van der Waals surface area contributed by atoms with Crippen molar-refractivity contribution >= 4 is 0 Å². The van der Waals surface area contributed by atoms with E-state index in [2.05, 4.69) is 4.98 Å². The molecule has 1 aromatic rings. The molecule has 0 amide bonds. The zero-order valence-corrected chi connectivity index (χ0v) is 4.93. The predicted octanol–water partition coefficient (Wildman–Crippen LogP) is 1.36. The summed E-state index contributed by atoms with van der Waals surface area (Å²) in [5.41, 5.74) is 0. The molecule has 3 heteroatoms. The Morgan fingerprint density at radius 2 is 2.56 bits per heavy atom. The number of aromatic nitrogens is 1. The summed E-state index contributed by atoms with van der Waals surface area (Å²) in [5, 5.41) is 0. The third-order valence-corrected chi connectivity index (χ3v) is 0.904. The van der Waals surface area contributed by atoms with Crippen LogP contribution in [0.25, 0.3) is 0 Å². The van der Waals surface area contributed by atoms with Crippen LogP contribution in [0.3, 0.4) is 0 Å². The largest absolute Gasteiger partial charge is 0.476 e. The summed E-state index contributed by atoms with van der Waals surface area (Å²) < 4.78 is 16.3. The van der Waals surface area contributed by atoms with Crippen molar-refractivity contribution in [1.29, 1.82) is 0 Å². The third kappa shape index (κ3) is 1.76. The lowest BCUT2D eigenvalue weighted by molar-refractivity contribution is 0.266. The van der Waals surface area contributed by atoms with E-state index in [9.17, 15) is 4.39 Å². The van der Waals surface area contributed by atoms with Gasteiger partial charge in [0.2, 0.25) is 0 Å². The molecule has 0 radical (unpaired) electrons. The number of rotatable bonds is 3. The van der Waals surface area contributed by atoms with E-state index in [1.165, 1.54) is 0 Å². The van der Waals surface area contributed by atoms with Crippen LogP contribution in [0, 0.1) is 0 Å². The first kappa shape index (κ1) is 6.13. The molecule has 0 unspecified atom stereocenters. The molecule has 1 N–H and O–H groups in total. The first-order valence-electron chi connectivity index (χ1n) is 2.75. The molecule has 0 aliphatic heterocycles. The first-order chi connectivity index (χ1) is 4.43. The van der Waals surface area contributed by atoms with E-state index >= 15 is 0 Å². The van der Waals surface area contributed by atoms with Crippen LogP contribution in [0.4, 0.5) is 4.39 Å². The second-order valence-corrected chi connectivity index (χ2v) is 1.57. The maximum atomic E-state index is 11.4. The Morgan fingerprint density at radius 1 is 1.67 bits per heavy atom. The van der Waals surface area contributed by atoms with E-state index < -0.39 is 6.67 Å². The Morgan fingerprint density at radius 3 is 3.11 bits per heavy atom. The fraction of sp³-hybridized carbons (Fsp3) is 0.333. The zero-order chi connectivity index (χ0) is 6.53. The number of H-pyrrole nitrogens is 1. The Bertz CT molecular complexity index is 150. The normalized spacial score (nSPS) is 9.44. The summed E-state index contributed by atoms with van der Waals surface area (Å²) in [4.78, 5) is 2.78. The molecule has 1 aromatic heterocycles. The van der Waals surface area contributed by atoms with Crippen LogP contribution in [0.1, 0.15) is 0 Å². The van der Waals surface area contributed by atoms with Crippen LogP contribution in [0.2, 0.25) is 0 Å². The monoisotopic (exact) mass is 129 g/mol. The molecule has 0 spiro atoms. The Hall–Kier alpha value is -0.990. The van der Waals surface area contributed by atoms with Crippen molar-refractivity contribution in [3.05, 3.63) is 18.3 Å². The van der Waals surface area contributed by atoms with Crippen molar-refractivity contribution < 1.29 is 9.13 Å². The fourth-order valence-electron chi connectivity index (χ4n) is 0.552. The minimum Gasteiger partial charge on any atom is -0.476 e. The minimum absolute atomic E-state index is 0.126. The highest BCUT2D eigenvalue weighted by Crippen LogP contribution is 2.03. The van der Waals surface area contributed by atoms with Crippen molar-refractivity contribution in [3.8, 4) is 5.88 Å². The van der Waals surface area contributed by atoms with Crippen LogP contribution in [0.5, 0.6) is 5.88 Å².